The van der Waals surface area contributed by atoms with Crippen LogP contribution in [0.3, 0.4) is 0 Å². The molecule has 0 bridgehead atoms. The first-order chi connectivity index (χ1) is 28.1. The van der Waals surface area contributed by atoms with Gasteiger partial charge < -0.3 is 26.8 Å². The van der Waals surface area contributed by atoms with E-state index < -0.39 is 29.8 Å². The quantitative estimate of drug-likeness (QED) is 0.0953. The van der Waals surface area contributed by atoms with Gasteiger partial charge in [-0.05, 0) is 90.2 Å². The molecule has 8 N–H and O–H groups in total. The summed E-state index contributed by atoms with van der Waals surface area (Å²) in [7, 11) is 0. The summed E-state index contributed by atoms with van der Waals surface area (Å²) in [4.78, 5) is 64.9. The van der Waals surface area contributed by atoms with Gasteiger partial charge in [-0.3, -0.25) is 34.3 Å². The molecule has 3 amide bonds. The molecule has 1 aliphatic carbocycles. The second-order valence-electron chi connectivity index (χ2n) is 16.6. The normalized spacial score (nSPS) is 19.8. The number of rotatable bonds is 14. The van der Waals surface area contributed by atoms with E-state index in [1.54, 1.807) is 46.8 Å². The van der Waals surface area contributed by atoms with E-state index in [1.807, 2.05) is 48.5 Å². The van der Waals surface area contributed by atoms with Crippen molar-refractivity contribution in [1.29, 1.82) is 0 Å². The first-order valence-corrected chi connectivity index (χ1v) is 20.4. The molecule has 2 aromatic heterocycles. The van der Waals surface area contributed by atoms with Gasteiger partial charge in [-0.25, -0.2) is 4.79 Å². The lowest BCUT2D eigenvalue weighted by Crippen LogP contribution is -2.50. The molecule has 4 aromatic rings. The Kier molecular flexibility index (Phi) is 15.0. The van der Waals surface area contributed by atoms with Crippen LogP contribution in [-0.4, -0.2) is 85.0 Å². The lowest BCUT2D eigenvalue weighted by atomic mass is 9.96. The van der Waals surface area contributed by atoms with Gasteiger partial charge in [0, 0.05) is 54.7 Å². The molecule has 2 aliphatic rings. The number of ketones is 2. The van der Waals surface area contributed by atoms with Gasteiger partial charge in [-0.2, -0.15) is 10.2 Å². The molecule has 59 heavy (non-hydrogen) atoms. The number of hydrogen-bond donors (Lipinski definition) is 6. The van der Waals surface area contributed by atoms with E-state index in [1.165, 1.54) is 10.5 Å². The maximum absolute atomic E-state index is 13.1. The molecule has 2 fully saturated rings. The second-order valence-corrected chi connectivity index (χ2v) is 16.6. The number of nitrogens with one attached hydrogen (secondary N) is 4. The maximum atomic E-state index is 13.1. The van der Waals surface area contributed by atoms with Gasteiger partial charge in [-0.15, -0.1) is 0 Å². The lowest BCUT2D eigenvalue weighted by molar-refractivity contribution is -0.130. The van der Waals surface area contributed by atoms with Crippen molar-refractivity contribution in [2.24, 2.45) is 5.92 Å². The lowest BCUT2D eigenvalue weighted by Gasteiger charge is -2.28. The standard InChI is InChI=1S/C24H33N5O4.C20H26N4O2/c1-15(20(30)11-10-18-13-21(25)28-27-18)26-22(31)19-12-17(16-8-6-5-7-9-16)14-29(19)23(32)33-24(2,3)4;1-13(18(25)10-9-17-12-19(21)24-23-17)22-20(26)16-8-7-15(11-16)14-5-3-2-4-6-14/h5-9,13,15,17,19H,10-12,14H2,1-4H3,(H,26,31)(H3,25,27,28);2-6,12-13,15-16H,7-11H2,1H3,(H,22,26)(H3,21,23,24)/t15-,17-,19+;13-,15+,16+/m00/s1. The Balaban J connectivity index is 0.000000230. The van der Waals surface area contributed by atoms with Crippen LogP contribution in [0.4, 0.5) is 16.4 Å². The molecule has 0 spiro atoms. The third kappa shape index (κ3) is 13.0. The summed E-state index contributed by atoms with van der Waals surface area (Å²) in [6.07, 6.45) is 4.25. The van der Waals surface area contributed by atoms with Crippen LogP contribution in [0.25, 0.3) is 0 Å². The number of hydrogen-bond acceptors (Lipinski definition) is 10. The topological polar surface area (TPSA) is 231 Å². The Bertz CT molecular complexity index is 2030. The zero-order chi connectivity index (χ0) is 42.7. The number of nitrogens with two attached hydrogens (primary N) is 2. The number of Topliss-reactive ketones (excluding diaryl/α,β-unsaturated/α-hetero) is 2. The molecular weight excluding hydrogens is 751 g/mol. The highest BCUT2D eigenvalue weighted by atomic mass is 16.6. The predicted octanol–water partition coefficient (Wildman–Crippen LogP) is 5.37. The molecule has 6 rings (SSSR count). The maximum Gasteiger partial charge on any atom is 0.410 e. The summed E-state index contributed by atoms with van der Waals surface area (Å²) in [6, 6.07) is 21.7. The Morgan fingerprint density at radius 2 is 1.24 bits per heavy atom. The summed E-state index contributed by atoms with van der Waals surface area (Å²) in [5, 5.41) is 18.9. The zero-order valence-corrected chi connectivity index (χ0v) is 34.7. The number of benzene rings is 2. The van der Waals surface area contributed by atoms with Crippen molar-refractivity contribution in [2.45, 2.75) is 122 Å². The van der Waals surface area contributed by atoms with E-state index in [-0.39, 0.29) is 41.6 Å². The zero-order valence-electron chi connectivity index (χ0n) is 34.7. The molecule has 0 unspecified atom stereocenters. The number of ether oxygens (including phenoxy) is 1. The molecule has 3 heterocycles. The molecule has 15 nitrogen and oxygen atoms in total. The monoisotopic (exact) mass is 809 g/mol. The van der Waals surface area contributed by atoms with Crippen LogP contribution in [0.2, 0.25) is 0 Å². The van der Waals surface area contributed by atoms with Crippen molar-refractivity contribution < 1.29 is 28.7 Å². The molecule has 1 saturated heterocycles. The Hall–Kier alpha value is -5.99. The van der Waals surface area contributed by atoms with Crippen LogP contribution >= 0.6 is 0 Å². The Morgan fingerprint density at radius 3 is 1.71 bits per heavy atom. The first-order valence-electron chi connectivity index (χ1n) is 20.4. The summed E-state index contributed by atoms with van der Waals surface area (Å²) in [5.74, 6) is 0.763. The predicted molar refractivity (Wildman–Crippen MR) is 225 cm³/mol. The average Bonchev–Trinajstić information content (AvgIpc) is 4.04. The van der Waals surface area contributed by atoms with Gasteiger partial charge >= 0.3 is 6.09 Å². The fourth-order valence-corrected chi connectivity index (χ4v) is 7.59. The van der Waals surface area contributed by atoms with Crippen LogP contribution < -0.4 is 22.1 Å². The number of carbonyl (C=O) groups excluding carboxylic acids is 5. The van der Waals surface area contributed by atoms with E-state index in [2.05, 4.69) is 43.2 Å². The van der Waals surface area contributed by atoms with E-state index >= 15 is 0 Å². The molecule has 0 radical (unpaired) electrons. The van der Waals surface area contributed by atoms with Gasteiger partial charge in [0.1, 0.15) is 23.3 Å². The van der Waals surface area contributed by atoms with Crippen molar-refractivity contribution in [3.8, 4) is 0 Å². The van der Waals surface area contributed by atoms with Crippen LogP contribution in [-0.2, 0) is 36.8 Å². The number of nitrogen functional groups attached to an aromatic ring is 2. The van der Waals surface area contributed by atoms with E-state index in [0.29, 0.717) is 49.8 Å². The molecule has 2 aromatic carbocycles. The summed E-state index contributed by atoms with van der Waals surface area (Å²) >= 11 is 0. The smallest absolute Gasteiger partial charge is 0.410 e. The fourth-order valence-electron chi connectivity index (χ4n) is 7.59. The minimum atomic E-state index is -0.715. The number of anilines is 2. The molecule has 1 aliphatic heterocycles. The molecule has 6 atom stereocenters. The van der Waals surface area contributed by atoms with E-state index in [4.69, 9.17) is 16.2 Å². The molecule has 15 heteroatoms. The van der Waals surface area contributed by atoms with Gasteiger partial charge in [0.05, 0.1) is 12.1 Å². The molecule has 1 saturated carbocycles. The summed E-state index contributed by atoms with van der Waals surface area (Å²) in [6.45, 7) is 9.16. The molecule has 316 valence electrons. The van der Waals surface area contributed by atoms with Gasteiger partial charge in [-0.1, -0.05) is 60.7 Å². The number of nitrogens with zero attached hydrogens (tertiary/aromatic N) is 3. The number of H-pyrrole nitrogens is 2. The Morgan fingerprint density at radius 1 is 0.746 bits per heavy atom. The SMILES string of the molecule is C[C@H](NC(=O)[C@@H]1CC[C@@H](c2ccccc2)C1)C(=O)CCc1cc(N)n[nH]1.C[C@H](NC(=O)[C@H]1C[C@H](c2ccccc2)CN1C(=O)OC(C)(C)C)C(=O)CCc1cc(N)n[nH]1. The highest BCUT2D eigenvalue weighted by Crippen LogP contribution is 2.38. The van der Waals surface area contributed by atoms with Gasteiger partial charge in [0.2, 0.25) is 11.8 Å². The average molecular weight is 810 g/mol. The third-order valence-electron chi connectivity index (χ3n) is 10.8. The van der Waals surface area contributed by atoms with Gasteiger partial charge in [0.15, 0.2) is 11.6 Å². The van der Waals surface area contributed by atoms with Gasteiger partial charge in [0.25, 0.3) is 0 Å². The number of aryl methyl sites for hydroxylation is 2. The summed E-state index contributed by atoms with van der Waals surface area (Å²) < 4.78 is 5.55. The Labute approximate surface area is 345 Å². The number of amides is 3. The highest BCUT2D eigenvalue weighted by Gasteiger charge is 2.42. The fraction of sp³-hybridized carbons (Fsp3) is 0.477. The van der Waals surface area contributed by atoms with Crippen molar-refractivity contribution >= 4 is 41.1 Å². The first kappa shape index (κ1) is 44.1. The van der Waals surface area contributed by atoms with E-state index in [0.717, 1.165) is 36.2 Å². The number of carbonyl (C=O) groups is 5. The van der Waals surface area contributed by atoms with Crippen molar-refractivity contribution in [1.82, 2.24) is 35.9 Å². The largest absolute Gasteiger partial charge is 0.444 e. The van der Waals surface area contributed by atoms with Crippen LogP contribution in [0, 0.1) is 5.92 Å². The third-order valence-corrected chi connectivity index (χ3v) is 10.8. The highest BCUT2D eigenvalue weighted by molar-refractivity contribution is 5.92. The van der Waals surface area contributed by atoms with E-state index in [9.17, 15) is 24.0 Å². The van der Waals surface area contributed by atoms with Crippen LogP contribution in [0.5, 0.6) is 0 Å². The number of aromatic amines is 2. The minimum Gasteiger partial charge on any atom is -0.444 e. The molecular formula is C44H59N9O6. The van der Waals surface area contributed by atoms with Crippen molar-refractivity contribution in [3.63, 3.8) is 0 Å². The number of likely N-dealkylation sites (tertiary alicyclic amines) is 1. The second kappa shape index (κ2) is 20.1. The number of aromatic nitrogens is 4. The summed E-state index contributed by atoms with van der Waals surface area (Å²) in [5.41, 5.74) is 14.4. The van der Waals surface area contributed by atoms with Crippen molar-refractivity contribution in [2.75, 3.05) is 18.0 Å². The van der Waals surface area contributed by atoms with Crippen molar-refractivity contribution in [3.05, 3.63) is 95.3 Å². The minimum absolute atomic E-state index is 0.00457. The van der Waals surface area contributed by atoms with Crippen LogP contribution in [0.1, 0.15) is 107 Å². The van der Waals surface area contributed by atoms with Crippen LogP contribution in [0.15, 0.2) is 72.8 Å².